The molecule has 0 spiro atoms. The van der Waals surface area contributed by atoms with Crippen LogP contribution in [0.25, 0.3) is 10.2 Å². The van der Waals surface area contributed by atoms with E-state index in [4.69, 9.17) is 0 Å². The van der Waals surface area contributed by atoms with Gasteiger partial charge in [0.1, 0.15) is 4.83 Å². The number of hydrogen-bond acceptors (Lipinski definition) is 4. The minimum Gasteiger partial charge on any atom is -0.298 e. The zero-order chi connectivity index (χ0) is 12.6. The Labute approximate surface area is 110 Å². The lowest BCUT2D eigenvalue weighted by Gasteiger charge is -2.01. The highest BCUT2D eigenvalue weighted by atomic mass is 79.9. The van der Waals surface area contributed by atoms with E-state index < -0.39 is 0 Å². The summed E-state index contributed by atoms with van der Waals surface area (Å²) in [6.45, 7) is 3.89. The Bertz CT molecular complexity index is 645. The molecule has 2 aromatic heterocycles. The molecule has 90 valence electrons. The maximum atomic E-state index is 12.2. The van der Waals surface area contributed by atoms with Crippen molar-refractivity contribution in [3.63, 3.8) is 0 Å². The molecule has 2 rings (SSSR count). The lowest BCUT2D eigenvalue weighted by atomic mass is 10.2. The maximum absolute atomic E-state index is 12.2. The van der Waals surface area contributed by atoms with Crippen LogP contribution in [0.1, 0.15) is 22.2 Å². The molecule has 6 heteroatoms. The third-order valence-electron chi connectivity index (χ3n) is 2.56. The molecule has 0 fully saturated rings. The van der Waals surface area contributed by atoms with Gasteiger partial charge in [0, 0.05) is 11.9 Å². The average Bonchev–Trinajstić information content (AvgIpc) is 2.61. The van der Waals surface area contributed by atoms with Crippen molar-refractivity contribution in [2.24, 2.45) is 0 Å². The molecule has 0 unspecified atom stereocenters. The number of hydrogen-bond donors (Lipinski definition) is 0. The first-order valence-electron chi connectivity index (χ1n) is 5.11. The molecule has 0 aliphatic carbocycles. The smallest absolute Gasteiger partial charge is 0.262 e. The Kier molecular flexibility index (Phi) is 3.44. The molecule has 2 heterocycles. The van der Waals surface area contributed by atoms with Gasteiger partial charge in [-0.1, -0.05) is 15.9 Å². The molecule has 0 saturated carbocycles. The van der Waals surface area contributed by atoms with Crippen molar-refractivity contribution >= 4 is 43.3 Å². The zero-order valence-corrected chi connectivity index (χ0v) is 11.9. The fourth-order valence-corrected chi connectivity index (χ4v) is 3.16. The standard InChI is InChI=1S/C11H11BrN2O2S/c1-6-8-10(17-9(6)7(2)15)13-5-14(4-3-12)11(8)16/h5H,3-4H2,1-2H3. The predicted octanol–water partition coefficient (Wildman–Crippen LogP) is 2.36. The summed E-state index contributed by atoms with van der Waals surface area (Å²) in [7, 11) is 0. The largest absolute Gasteiger partial charge is 0.298 e. The Balaban J connectivity index is 2.77. The number of nitrogens with zero attached hydrogens (tertiary/aromatic N) is 2. The highest BCUT2D eigenvalue weighted by Crippen LogP contribution is 2.26. The molecule has 0 aromatic carbocycles. The van der Waals surface area contributed by atoms with E-state index in [1.165, 1.54) is 24.6 Å². The first-order valence-corrected chi connectivity index (χ1v) is 7.05. The number of halogens is 1. The van der Waals surface area contributed by atoms with Gasteiger partial charge in [-0.3, -0.25) is 14.2 Å². The van der Waals surface area contributed by atoms with Crippen molar-refractivity contribution in [2.45, 2.75) is 20.4 Å². The number of alkyl halides is 1. The first kappa shape index (κ1) is 12.4. The van der Waals surface area contributed by atoms with Crippen molar-refractivity contribution in [1.29, 1.82) is 0 Å². The summed E-state index contributed by atoms with van der Waals surface area (Å²) in [5, 5.41) is 1.27. The summed E-state index contributed by atoms with van der Waals surface area (Å²) >= 11 is 4.58. The lowest BCUT2D eigenvalue weighted by molar-refractivity contribution is 0.102. The topological polar surface area (TPSA) is 52.0 Å². The number of carbonyl (C=O) groups excluding carboxylic acids is 1. The maximum Gasteiger partial charge on any atom is 0.262 e. The summed E-state index contributed by atoms with van der Waals surface area (Å²) < 4.78 is 1.56. The van der Waals surface area contributed by atoms with Crippen molar-refractivity contribution < 1.29 is 4.79 Å². The second kappa shape index (κ2) is 4.70. The fourth-order valence-electron chi connectivity index (χ4n) is 1.75. The van der Waals surface area contributed by atoms with Gasteiger partial charge in [0.2, 0.25) is 0 Å². The van der Waals surface area contributed by atoms with E-state index >= 15 is 0 Å². The zero-order valence-electron chi connectivity index (χ0n) is 9.49. The monoisotopic (exact) mass is 314 g/mol. The summed E-state index contributed by atoms with van der Waals surface area (Å²) in [5.74, 6) is -0.0167. The summed E-state index contributed by atoms with van der Waals surface area (Å²) in [5.41, 5.74) is 0.676. The van der Waals surface area contributed by atoms with Crippen LogP contribution < -0.4 is 5.56 Å². The number of rotatable bonds is 3. The normalized spacial score (nSPS) is 11.0. The van der Waals surface area contributed by atoms with Crippen molar-refractivity contribution in [3.05, 3.63) is 27.1 Å². The molecule has 4 nitrogen and oxygen atoms in total. The van der Waals surface area contributed by atoms with Crippen LogP contribution >= 0.6 is 27.3 Å². The number of fused-ring (bicyclic) bond motifs is 1. The van der Waals surface area contributed by atoms with Crippen LogP contribution in [0.15, 0.2) is 11.1 Å². The molecule has 0 amide bonds. The minimum atomic E-state index is -0.0734. The van der Waals surface area contributed by atoms with Gasteiger partial charge < -0.3 is 0 Å². The Hall–Kier alpha value is -1.01. The molecule has 0 radical (unpaired) electrons. The lowest BCUT2D eigenvalue weighted by Crippen LogP contribution is -2.21. The Morgan fingerprint density at radius 1 is 1.59 bits per heavy atom. The van der Waals surface area contributed by atoms with Crippen molar-refractivity contribution in [1.82, 2.24) is 9.55 Å². The van der Waals surface area contributed by atoms with Gasteiger partial charge >= 0.3 is 0 Å². The Morgan fingerprint density at radius 3 is 2.88 bits per heavy atom. The van der Waals surface area contributed by atoms with Gasteiger partial charge in [0.05, 0.1) is 16.6 Å². The van der Waals surface area contributed by atoms with Crippen LogP contribution in [0.4, 0.5) is 0 Å². The van der Waals surface area contributed by atoms with Crippen LogP contribution in [0.3, 0.4) is 0 Å². The molecule has 2 aromatic rings. The van der Waals surface area contributed by atoms with Crippen molar-refractivity contribution in [3.8, 4) is 0 Å². The molecule has 0 aliphatic rings. The van der Waals surface area contributed by atoms with Gasteiger partial charge in [-0.2, -0.15) is 0 Å². The molecule has 17 heavy (non-hydrogen) atoms. The number of Topliss-reactive ketones (excluding diaryl/α,β-unsaturated/α-hetero) is 1. The summed E-state index contributed by atoms with van der Waals surface area (Å²) in [6, 6.07) is 0. The van der Waals surface area contributed by atoms with Crippen LogP contribution in [-0.2, 0) is 6.54 Å². The number of thiophene rings is 1. The summed E-state index contributed by atoms with van der Waals surface area (Å²) in [4.78, 5) is 29.1. The number of aromatic nitrogens is 2. The first-order chi connectivity index (χ1) is 8.06. The molecule has 0 bridgehead atoms. The van der Waals surface area contributed by atoms with Crippen LogP contribution in [0, 0.1) is 6.92 Å². The molecular weight excluding hydrogens is 304 g/mol. The molecule has 0 N–H and O–H groups in total. The van der Waals surface area contributed by atoms with Crippen LogP contribution in [0.5, 0.6) is 0 Å². The van der Waals surface area contributed by atoms with Gasteiger partial charge in [0.25, 0.3) is 5.56 Å². The second-order valence-electron chi connectivity index (χ2n) is 3.72. The highest BCUT2D eigenvalue weighted by Gasteiger charge is 2.16. The van der Waals surface area contributed by atoms with Gasteiger partial charge in [-0.25, -0.2) is 4.98 Å². The molecule has 0 aliphatic heterocycles. The van der Waals surface area contributed by atoms with Gasteiger partial charge in [-0.15, -0.1) is 11.3 Å². The highest BCUT2D eigenvalue weighted by molar-refractivity contribution is 9.09. The van der Waals surface area contributed by atoms with E-state index in [-0.39, 0.29) is 11.3 Å². The van der Waals surface area contributed by atoms with E-state index in [0.29, 0.717) is 27.0 Å². The van der Waals surface area contributed by atoms with E-state index in [0.717, 1.165) is 5.56 Å². The van der Waals surface area contributed by atoms with Crippen molar-refractivity contribution in [2.75, 3.05) is 5.33 Å². The number of aryl methyl sites for hydroxylation is 2. The van der Waals surface area contributed by atoms with Gasteiger partial charge in [0.15, 0.2) is 5.78 Å². The molecule has 0 saturated heterocycles. The van der Waals surface area contributed by atoms with E-state index in [9.17, 15) is 9.59 Å². The number of ketones is 1. The summed E-state index contributed by atoms with van der Waals surface area (Å²) in [6.07, 6.45) is 1.53. The third kappa shape index (κ3) is 2.07. The molecule has 0 atom stereocenters. The minimum absolute atomic E-state index is 0.0167. The Morgan fingerprint density at radius 2 is 2.29 bits per heavy atom. The van der Waals surface area contributed by atoms with E-state index in [1.807, 2.05) is 0 Å². The van der Waals surface area contributed by atoms with E-state index in [2.05, 4.69) is 20.9 Å². The average molecular weight is 315 g/mol. The van der Waals surface area contributed by atoms with Gasteiger partial charge in [-0.05, 0) is 19.4 Å². The van der Waals surface area contributed by atoms with Crippen LogP contribution in [-0.4, -0.2) is 20.7 Å². The van der Waals surface area contributed by atoms with E-state index in [1.54, 1.807) is 11.5 Å². The predicted molar refractivity (Wildman–Crippen MR) is 72.4 cm³/mol. The fraction of sp³-hybridized carbons (Fsp3) is 0.364. The quantitative estimate of drug-likeness (QED) is 0.645. The number of carbonyl (C=O) groups is 1. The van der Waals surface area contributed by atoms with Crippen LogP contribution in [0.2, 0.25) is 0 Å². The molecular formula is C11H11BrN2O2S. The SMILES string of the molecule is CC(=O)c1sc2ncn(CCBr)c(=O)c2c1C. The third-order valence-corrected chi connectivity index (χ3v) is 4.22. The second-order valence-corrected chi connectivity index (χ2v) is 5.52.